The van der Waals surface area contributed by atoms with Gasteiger partial charge in [0, 0.05) is 26.7 Å². The summed E-state index contributed by atoms with van der Waals surface area (Å²) in [6.07, 6.45) is 7.41. The Kier molecular flexibility index (Phi) is 9.28. The van der Waals surface area contributed by atoms with Crippen molar-refractivity contribution in [1.29, 1.82) is 0 Å². The normalized spacial score (nSPS) is 17.0. The van der Waals surface area contributed by atoms with Crippen LogP contribution < -0.4 is 10.6 Å². The molecule has 1 aliphatic heterocycles. The number of thiazole rings is 1. The van der Waals surface area contributed by atoms with E-state index >= 15 is 0 Å². The Hall–Kier alpha value is -3.12. The summed E-state index contributed by atoms with van der Waals surface area (Å²) in [7, 11) is 2.01. The van der Waals surface area contributed by atoms with E-state index in [9.17, 15) is 5.11 Å². The van der Waals surface area contributed by atoms with E-state index in [0.717, 1.165) is 57.5 Å². The lowest BCUT2D eigenvalue weighted by molar-refractivity contribution is 0.215. The Labute approximate surface area is 206 Å². The second kappa shape index (κ2) is 12.4. The number of aromatic nitrogens is 1. The van der Waals surface area contributed by atoms with Crippen LogP contribution in [0, 0.1) is 5.92 Å². The first kappa shape index (κ1) is 25.5. The number of aliphatic hydroxyl groups excluding tert-OH is 1. The average molecular weight is 478 g/mol. The van der Waals surface area contributed by atoms with Crippen LogP contribution in [0.2, 0.25) is 0 Å². The van der Waals surface area contributed by atoms with Crippen molar-refractivity contribution in [1.82, 2.24) is 20.5 Å². The number of likely N-dealkylation sites (N-methyl/N-ethyl adjacent to an activating group) is 1. The summed E-state index contributed by atoms with van der Waals surface area (Å²) in [5, 5.41) is 17.7. The third-order valence-corrected chi connectivity index (χ3v) is 6.92. The zero-order valence-corrected chi connectivity index (χ0v) is 21.2. The minimum atomic E-state index is -0.0802. The number of allylic oxidation sites excluding steroid dienone is 2. The van der Waals surface area contributed by atoms with Crippen LogP contribution in [0.3, 0.4) is 0 Å². The van der Waals surface area contributed by atoms with Gasteiger partial charge < -0.3 is 20.6 Å². The highest BCUT2D eigenvalue weighted by atomic mass is 32.1. The van der Waals surface area contributed by atoms with Gasteiger partial charge in [-0.3, -0.25) is 0 Å². The van der Waals surface area contributed by atoms with Gasteiger partial charge in [-0.2, -0.15) is 0 Å². The topological polar surface area (TPSA) is 72.8 Å². The Morgan fingerprint density at radius 2 is 2.21 bits per heavy atom. The maximum atomic E-state index is 9.59. The molecule has 1 aliphatic rings. The van der Waals surface area contributed by atoms with E-state index in [4.69, 9.17) is 9.98 Å². The van der Waals surface area contributed by atoms with Gasteiger partial charge in [0.2, 0.25) is 0 Å². The lowest BCUT2D eigenvalue weighted by Gasteiger charge is -2.31. The second-order valence-corrected chi connectivity index (χ2v) is 9.41. The van der Waals surface area contributed by atoms with Gasteiger partial charge in [-0.25, -0.2) is 9.98 Å². The molecule has 2 unspecified atom stereocenters. The van der Waals surface area contributed by atoms with Crippen LogP contribution in [-0.2, 0) is 0 Å². The van der Waals surface area contributed by atoms with Crippen LogP contribution in [-0.4, -0.2) is 53.7 Å². The number of aliphatic imine (C=N–C) groups is 1. The molecule has 34 heavy (non-hydrogen) atoms. The highest BCUT2D eigenvalue weighted by Crippen LogP contribution is 2.32. The third kappa shape index (κ3) is 6.26. The summed E-state index contributed by atoms with van der Waals surface area (Å²) >= 11 is 1.68. The van der Waals surface area contributed by atoms with E-state index in [-0.39, 0.29) is 18.6 Å². The van der Waals surface area contributed by atoms with Gasteiger partial charge in [0.25, 0.3) is 0 Å². The van der Waals surface area contributed by atoms with Crippen molar-refractivity contribution in [3.63, 3.8) is 0 Å². The first-order valence-electron chi connectivity index (χ1n) is 11.7. The number of fused-ring (bicyclic) bond motifs is 1. The summed E-state index contributed by atoms with van der Waals surface area (Å²) in [6.45, 7) is 13.3. The molecule has 3 N–H and O–H groups in total. The summed E-state index contributed by atoms with van der Waals surface area (Å²) in [5.74, 6) is 1.99. The zero-order valence-electron chi connectivity index (χ0n) is 20.3. The molecular formula is C27H35N5OS. The van der Waals surface area contributed by atoms with Crippen molar-refractivity contribution >= 4 is 33.1 Å². The fourth-order valence-electron chi connectivity index (χ4n) is 3.88. The van der Waals surface area contributed by atoms with Crippen LogP contribution in [0.15, 0.2) is 77.8 Å². The quantitative estimate of drug-likeness (QED) is 0.323. The number of guanidine groups is 1. The molecule has 0 fully saturated rings. The number of hydrogen-bond donors (Lipinski definition) is 3. The highest BCUT2D eigenvalue weighted by molar-refractivity contribution is 7.19. The summed E-state index contributed by atoms with van der Waals surface area (Å²) < 4.78 is 1.16. The van der Waals surface area contributed by atoms with Crippen molar-refractivity contribution in [3.05, 3.63) is 77.8 Å². The number of benzene rings is 1. The smallest absolute Gasteiger partial charge is 0.200 e. The lowest BCUT2D eigenvalue weighted by Crippen LogP contribution is -2.46. The number of para-hydroxylation sites is 1. The summed E-state index contributed by atoms with van der Waals surface area (Å²) in [4.78, 5) is 11.9. The fraction of sp³-hybridized carbons (Fsp3) is 0.370. The van der Waals surface area contributed by atoms with Crippen molar-refractivity contribution in [2.75, 3.05) is 26.7 Å². The van der Waals surface area contributed by atoms with Gasteiger partial charge in [0.15, 0.2) is 5.96 Å². The van der Waals surface area contributed by atoms with Gasteiger partial charge >= 0.3 is 0 Å². The van der Waals surface area contributed by atoms with E-state index in [0.29, 0.717) is 6.54 Å². The lowest BCUT2D eigenvalue weighted by atomic mass is 10.0. The van der Waals surface area contributed by atoms with Gasteiger partial charge in [0.05, 0.1) is 21.8 Å². The third-order valence-electron chi connectivity index (χ3n) is 5.85. The van der Waals surface area contributed by atoms with E-state index in [1.54, 1.807) is 17.4 Å². The van der Waals surface area contributed by atoms with E-state index < -0.39 is 0 Å². The second-order valence-electron chi connectivity index (χ2n) is 8.38. The van der Waals surface area contributed by atoms with Crippen LogP contribution >= 0.6 is 11.3 Å². The first-order chi connectivity index (χ1) is 16.5. The average Bonchev–Trinajstić information content (AvgIpc) is 3.25. The molecule has 1 aromatic heterocycles. The van der Waals surface area contributed by atoms with Gasteiger partial charge in [-0.1, -0.05) is 50.8 Å². The van der Waals surface area contributed by atoms with Crippen LogP contribution in [0.25, 0.3) is 15.8 Å². The number of nitrogens with zero attached hydrogens (tertiary/aromatic N) is 3. The summed E-state index contributed by atoms with van der Waals surface area (Å²) in [5.41, 5.74) is 5.93. The largest absolute Gasteiger partial charge is 0.396 e. The van der Waals surface area contributed by atoms with Crippen LogP contribution in [0.5, 0.6) is 0 Å². The fourth-order valence-corrected chi connectivity index (χ4v) is 4.98. The molecule has 2 aromatic rings. The zero-order chi connectivity index (χ0) is 24.5. The highest BCUT2D eigenvalue weighted by Gasteiger charge is 2.27. The number of aliphatic hydroxyl groups is 1. The first-order valence-corrected chi connectivity index (χ1v) is 12.5. The monoisotopic (exact) mass is 477 g/mol. The predicted octanol–water partition coefficient (Wildman–Crippen LogP) is 4.70. The molecule has 180 valence electrons. The van der Waals surface area contributed by atoms with Gasteiger partial charge in [-0.15, -0.1) is 17.1 Å². The van der Waals surface area contributed by atoms with Gasteiger partial charge in [0.1, 0.15) is 10.8 Å². The van der Waals surface area contributed by atoms with E-state index in [2.05, 4.69) is 54.3 Å². The molecule has 3 rings (SSSR count). The molecule has 0 bridgehead atoms. The van der Waals surface area contributed by atoms with Crippen molar-refractivity contribution in [2.45, 2.75) is 32.7 Å². The Morgan fingerprint density at radius 1 is 1.41 bits per heavy atom. The molecule has 0 saturated heterocycles. The molecule has 1 aromatic carbocycles. The molecule has 2 atom stereocenters. The maximum Gasteiger partial charge on any atom is 0.200 e. The predicted molar refractivity (Wildman–Crippen MR) is 145 cm³/mol. The van der Waals surface area contributed by atoms with E-state index in [1.807, 2.05) is 37.4 Å². The number of hydrogen-bond acceptors (Lipinski definition) is 7. The van der Waals surface area contributed by atoms with Crippen molar-refractivity contribution < 1.29 is 5.11 Å². The molecule has 0 amide bonds. The Bertz CT molecular complexity index is 1100. The Morgan fingerprint density at radius 3 is 2.88 bits per heavy atom. The minimum absolute atomic E-state index is 0.0802. The summed E-state index contributed by atoms with van der Waals surface area (Å²) in [6, 6.07) is 8.11. The van der Waals surface area contributed by atoms with Crippen molar-refractivity contribution in [3.8, 4) is 0 Å². The molecule has 0 aliphatic carbocycles. The number of nitrogens with one attached hydrogen (secondary N) is 2. The molecule has 6 nitrogen and oxygen atoms in total. The molecule has 0 saturated carbocycles. The van der Waals surface area contributed by atoms with Crippen molar-refractivity contribution in [2.24, 2.45) is 10.9 Å². The Balaban J connectivity index is 1.90. The van der Waals surface area contributed by atoms with E-state index in [1.165, 1.54) is 0 Å². The molecule has 0 radical (unpaired) electrons. The molecule has 7 heteroatoms. The molecular weight excluding hydrogens is 442 g/mol. The van der Waals surface area contributed by atoms with Crippen LogP contribution in [0.1, 0.15) is 31.7 Å². The molecule has 2 heterocycles. The SMILES string of the molecule is C=C=C/C(=C\C=C)CN(C)C1=NC(C)C(c2nc3ccccc3s2)=C(NCCC(CC)CO)N1. The van der Waals surface area contributed by atoms with Gasteiger partial charge in [-0.05, 0) is 43.0 Å². The van der Waals surface area contributed by atoms with Crippen LogP contribution in [0.4, 0.5) is 0 Å². The molecule has 0 spiro atoms. The minimum Gasteiger partial charge on any atom is -0.396 e. The number of rotatable bonds is 11. The maximum absolute atomic E-state index is 9.59. The standard InChI is InChI=1S/C27H35N5OS/c1-6-11-21(12-7-2)17-32(5)27-29-19(4)24(25(31-27)28-16-15-20(8-3)18-33)26-30-22-13-9-10-14-23(22)34-26/h6,9-14,19-20,28,33H,1-2,8,15-18H2,3-5H3,(H,29,31)/b21-11+.